The molecule has 0 bridgehead atoms. The number of hydrogen-bond acceptors (Lipinski definition) is 2. The summed E-state index contributed by atoms with van der Waals surface area (Å²) in [7, 11) is 1.70. The van der Waals surface area contributed by atoms with E-state index in [9.17, 15) is 0 Å². The van der Waals surface area contributed by atoms with Crippen LogP contribution < -0.4 is 4.74 Å². The smallest absolute Gasteiger partial charge is 0.118 e. The van der Waals surface area contributed by atoms with Gasteiger partial charge in [0, 0.05) is 11.9 Å². The van der Waals surface area contributed by atoms with E-state index < -0.39 is 0 Å². The lowest BCUT2D eigenvalue weighted by Crippen LogP contribution is -2.16. The lowest BCUT2D eigenvalue weighted by atomic mass is 9.94. The fraction of sp³-hybridized carbons (Fsp3) is 0.600. The van der Waals surface area contributed by atoms with Crippen molar-refractivity contribution in [3.05, 3.63) is 29.8 Å². The van der Waals surface area contributed by atoms with E-state index >= 15 is 0 Å². The fourth-order valence-corrected chi connectivity index (χ4v) is 2.99. The van der Waals surface area contributed by atoms with E-state index in [1.807, 2.05) is 12.1 Å². The van der Waals surface area contributed by atoms with E-state index in [1.54, 1.807) is 7.11 Å². The molecule has 100 valence electrons. The SMILES string of the molecule is COc1ccc(CC(CBr)CC2CCCO2)cc1. The van der Waals surface area contributed by atoms with Gasteiger partial charge < -0.3 is 9.47 Å². The summed E-state index contributed by atoms with van der Waals surface area (Å²) in [6, 6.07) is 8.38. The molecule has 18 heavy (non-hydrogen) atoms. The molecule has 1 saturated heterocycles. The zero-order valence-corrected chi connectivity index (χ0v) is 12.5. The Labute approximate surface area is 118 Å². The third kappa shape index (κ3) is 3.99. The molecule has 1 aliphatic heterocycles. The first-order valence-corrected chi connectivity index (χ1v) is 7.74. The maximum absolute atomic E-state index is 5.72. The van der Waals surface area contributed by atoms with Gasteiger partial charge in [0.15, 0.2) is 0 Å². The van der Waals surface area contributed by atoms with Crippen LogP contribution in [0.15, 0.2) is 24.3 Å². The summed E-state index contributed by atoms with van der Waals surface area (Å²) in [6.07, 6.45) is 5.20. The Morgan fingerprint density at radius 3 is 2.72 bits per heavy atom. The van der Waals surface area contributed by atoms with E-state index in [0.717, 1.165) is 30.5 Å². The number of halogens is 1. The topological polar surface area (TPSA) is 18.5 Å². The minimum atomic E-state index is 0.478. The third-order valence-electron chi connectivity index (χ3n) is 3.52. The Morgan fingerprint density at radius 1 is 1.39 bits per heavy atom. The average molecular weight is 313 g/mol. The van der Waals surface area contributed by atoms with Crippen LogP contribution in [0.25, 0.3) is 0 Å². The molecule has 1 aliphatic rings. The maximum Gasteiger partial charge on any atom is 0.118 e. The van der Waals surface area contributed by atoms with Crippen molar-refractivity contribution in [1.29, 1.82) is 0 Å². The fourth-order valence-electron chi connectivity index (χ4n) is 2.50. The molecule has 0 radical (unpaired) electrons. The Balaban J connectivity index is 1.87. The van der Waals surface area contributed by atoms with E-state index in [-0.39, 0.29) is 0 Å². The molecule has 2 nitrogen and oxygen atoms in total. The van der Waals surface area contributed by atoms with Crippen LogP contribution in [-0.2, 0) is 11.2 Å². The molecule has 3 heteroatoms. The maximum atomic E-state index is 5.72. The molecular weight excluding hydrogens is 292 g/mol. The van der Waals surface area contributed by atoms with Crippen molar-refractivity contribution in [3.63, 3.8) is 0 Å². The van der Waals surface area contributed by atoms with Crippen molar-refractivity contribution >= 4 is 15.9 Å². The molecule has 2 unspecified atom stereocenters. The molecule has 0 spiro atoms. The first kappa shape index (κ1) is 13.9. The molecular formula is C15H21BrO2. The van der Waals surface area contributed by atoms with Gasteiger partial charge in [-0.3, -0.25) is 0 Å². The van der Waals surface area contributed by atoms with Crippen molar-refractivity contribution in [1.82, 2.24) is 0 Å². The van der Waals surface area contributed by atoms with Crippen LogP contribution in [0.2, 0.25) is 0 Å². The summed E-state index contributed by atoms with van der Waals surface area (Å²) < 4.78 is 10.9. The van der Waals surface area contributed by atoms with Crippen LogP contribution in [0.3, 0.4) is 0 Å². The molecule has 2 rings (SSSR count). The van der Waals surface area contributed by atoms with E-state index in [2.05, 4.69) is 28.1 Å². The highest BCUT2D eigenvalue weighted by molar-refractivity contribution is 9.09. The lowest BCUT2D eigenvalue weighted by molar-refractivity contribution is 0.0925. The zero-order valence-electron chi connectivity index (χ0n) is 10.9. The van der Waals surface area contributed by atoms with Gasteiger partial charge in [-0.05, 0) is 49.3 Å². The van der Waals surface area contributed by atoms with Crippen LogP contribution in [0.4, 0.5) is 0 Å². The second-order valence-corrected chi connectivity index (χ2v) is 5.59. The quantitative estimate of drug-likeness (QED) is 0.743. The summed E-state index contributed by atoms with van der Waals surface area (Å²) in [5.74, 6) is 1.58. The van der Waals surface area contributed by atoms with Gasteiger partial charge in [0.25, 0.3) is 0 Å². The first-order valence-electron chi connectivity index (χ1n) is 6.62. The minimum absolute atomic E-state index is 0.478. The standard InChI is InChI=1S/C15H21BrO2/c1-17-14-6-4-12(5-7-14)9-13(11-16)10-15-3-2-8-18-15/h4-7,13,15H,2-3,8-11H2,1H3. The molecule has 0 aliphatic carbocycles. The Hall–Kier alpha value is -0.540. The van der Waals surface area contributed by atoms with Crippen molar-refractivity contribution in [2.45, 2.75) is 31.8 Å². The second kappa shape index (κ2) is 7.15. The van der Waals surface area contributed by atoms with Gasteiger partial charge in [-0.1, -0.05) is 28.1 Å². The van der Waals surface area contributed by atoms with Crippen LogP contribution in [0.5, 0.6) is 5.75 Å². The highest BCUT2D eigenvalue weighted by Crippen LogP contribution is 2.24. The zero-order chi connectivity index (χ0) is 12.8. The van der Waals surface area contributed by atoms with E-state index in [4.69, 9.17) is 9.47 Å². The Morgan fingerprint density at radius 2 is 2.17 bits per heavy atom. The third-order valence-corrected chi connectivity index (χ3v) is 4.44. The largest absolute Gasteiger partial charge is 0.497 e. The molecule has 1 heterocycles. The normalized spacial score (nSPS) is 20.9. The van der Waals surface area contributed by atoms with E-state index in [0.29, 0.717) is 12.0 Å². The van der Waals surface area contributed by atoms with E-state index in [1.165, 1.54) is 18.4 Å². The summed E-state index contributed by atoms with van der Waals surface area (Å²) >= 11 is 3.63. The van der Waals surface area contributed by atoms with Gasteiger partial charge in [0.05, 0.1) is 13.2 Å². The van der Waals surface area contributed by atoms with Gasteiger partial charge in [-0.2, -0.15) is 0 Å². The summed E-state index contributed by atoms with van der Waals surface area (Å²) in [6.45, 7) is 0.947. The van der Waals surface area contributed by atoms with Gasteiger partial charge in [-0.25, -0.2) is 0 Å². The molecule has 1 aromatic carbocycles. The number of ether oxygens (including phenoxy) is 2. The highest BCUT2D eigenvalue weighted by Gasteiger charge is 2.20. The first-order chi connectivity index (χ1) is 8.81. The Bertz CT molecular complexity index is 344. The van der Waals surface area contributed by atoms with Crippen molar-refractivity contribution in [3.8, 4) is 5.75 Å². The monoisotopic (exact) mass is 312 g/mol. The molecule has 0 aromatic heterocycles. The number of alkyl halides is 1. The van der Waals surface area contributed by atoms with Gasteiger partial charge in [0.2, 0.25) is 0 Å². The average Bonchev–Trinajstić information content (AvgIpc) is 2.91. The van der Waals surface area contributed by atoms with Crippen molar-refractivity contribution < 1.29 is 9.47 Å². The Kier molecular flexibility index (Phi) is 5.51. The van der Waals surface area contributed by atoms with Crippen LogP contribution in [-0.4, -0.2) is 25.2 Å². The van der Waals surface area contributed by atoms with Crippen LogP contribution in [0, 0.1) is 5.92 Å². The van der Waals surface area contributed by atoms with Crippen molar-refractivity contribution in [2.75, 3.05) is 19.0 Å². The minimum Gasteiger partial charge on any atom is -0.497 e. The number of methoxy groups -OCH3 is 1. The summed E-state index contributed by atoms with van der Waals surface area (Å²) in [5.41, 5.74) is 1.37. The summed E-state index contributed by atoms with van der Waals surface area (Å²) in [4.78, 5) is 0. The molecule has 1 aromatic rings. The molecule has 1 fully saturated rings. The highest BCUT2D eigenvalue weighted by atomic mass is 79.9. The second-order valence-electron chi connectivity index (χ2n) is 4.94. The molecule has 2 atom stereocenters. The number of rotatable bonds is 6. The predicted molar refractivity (Wildman–Crippen MR) is 77.6 cm³/mol. The number of benzene rings is 1. The molecule has 0 N–H and O–H groups in total. The molecule has 0 saturated carbocycles. The van der Waals surface area contributed by atoms with Gasteiger partial charge >= 0.3 is 0 Å². The molecule has 0 amide bonds. The van der Waals surface area contributed by atoms with Crippen LogP contribution in [0.1, 0.15) is 24.8 Å². The lowest BCUT2D eigenvalue weighted by Gasteiger charge is -2.18. The van der Waals surface area contributed by atoms with Gasteiger partial charge in [-0.15, -0.1) is 0 Å². The number of hydrogen-bond donors (Lipinski definition) is 0. The predicted octanol–water partition coefficient (Wildman–Crippen LogP) is 3.82. The van der Waals surface area contributed by atoms with Crippen molar-refractivity contribution in [2.24, 2.45) is 5.92 Å². The van der Waals surface area contributed by atoms with Crippen LogP contribution >= 0.6 is 15.9 Å². The summed E-state index contributed by atoms with van der Waals surface area (Å²) in [5, 5.41) is 1.04. The van der Waals surface area contributed by atoms with Gasteiger partial charge in [0.1, 0.15) is 5.75 Å².